The Kier molecular flexibility index (Phi) is 2.27. The third-order valence-electron chi connectivity index (χ3n) is 1.18. The largest absolute Gasteiger partial charge is 0.396 e. The highest BCUT2D eigenvalue weighted by Gasteiger charge is 2.11. The lowest BCUT2D eigenvalue weighted by Gasteiger charge is -2.05. The second-order valence-electron chi connectivity index (χ2n) is 1.83. The molecule has 1 aliphatic rings. The topological polar surface area (TPSA) is 41.5 Å². The minimum absolute atomic E-state index is 0.111. The first-order valence-corrected chi connectivity index (χ1v) is 2.89. The maximum absolute atomic E-state index is 8.41. The van der Waals surface area contributed by atoms with Crippen LogP contribution in [0.4, 0.5) is 0 Å². The highest BCUT2D eigenvalue weighted by Crippen LogP contribution is 1.97. The van der Waals surface area contributed by atoms with Gasteiger partial charge in [0.25, 0.3) is 0 Å². The average molecular weight is 117 g/mol. The standard InChI is InChI=1S/C5H11NO2/c7-3-1-5-6-2-4-8-5/h5-7H,1-4H2/t5-/m1/s1. The van der Waals surface area contributed by atoms with Crippen LogP contribution in [-0.2, 0) is 4.74 Å². The van der Waals surface area contributed by atoms with Crippen molar-refractivity contribution in [1.82, 2.24) is 5.32 Å². The molecular weight excluding hydrogens is 106 g/mol. The van der Waals surface area contributed by atoms with Crippen molar-refractivity contribution in [2.24, 2.45) is 0 Å². The Bertz CT molecular complexity index is 61.4. The first-order chi connectivity index (χ1) is 3.93. The fourth-order valence-corrected chi connectivity index (χ4v) is 0.783. The third kappa shape index (κ3) is 1.43. The van der Waals surface area contributed by atoms with Gasteiger partial charge >= 0.3 is 0 Å². The molecule has 3 heteroatoms. The zero-order valence-electron chi connectivity index (χ0n) is 4.76. The molecule has 1 heterocycles. The van der Waals surface area contributed by atoms with Gasteiger partial charge < -0.3 is 9.84 Å². The summed E-state index contributed by atoms with van der Waals surface area (Å²) in [6.45, 7) is 1.91. The van der Waals surface area contributed by atoms with Crippen LogP contribution >= 0.6 is 0 Å². The van der Waals surface area contributed by atoms with Gasteiger partial charge in [-0.3, -0.25) is 5.32 Å². The second kappa shape index (κ2) is 3.02. The highest BCUT2D eigenvalue weighted by molar-refractivity contribution is 4.61. The number of rotatable bonds is 2. The average Bonchev–Trinajstić information content (AvgIpc) is 2.19. The van der Waals surface area contributed by atoms with Crippen LogP contribution in [0.3, 0.4) is 0 Å². The van der Waals surface area contributed by atoms with Crippen LogP contribution in [0.15, 0.2) is 0 Å². The Balaban J connectivity index is 2.06. The molecule has 0 aromatic rings. The molecule has 0 aromatic carbocycles. The molecule has 2 N–H and O–H groups in total. The first kappa shape index (κ1) is 6.01. The van der Waals surface area contributed by atoms with E-state index < -0.39 is 0 Å². The minimum Gasteiger partial charge on any atom is -0.396 e. The Morgan fingerprint density at radius 2 is 2.62 bits per heavy atom. The van der Waals surface area contributed by atoms with Crippen LogP contribution in [0.5, 0.6) is 0 Å². The molecule has 0 saturated carbocycles. The second-order valence-corrected chi connectivity index (χ2v) is 1.83. The van der Waals surface area contributed by atoms with Gasteiger partial charge in [-0.05, 0) is 0 Å². The Morgan fingerprint density at radius 1 is 1.75 bits per heavy atom. The molecule has 0 bridgehead atoms. The van der Waals surface area contributed by atoms with Gasteiger partial charge in [-0.15, -0.1) is 0 Å². The lowest BCUT2D eigenvalue weighted by Crippen LogP contribution is -2.23. The van der Waals surface area contributed by atoms with Crippen LogP contribution in [0, 0.1) is 0 Å². The normalized spacial score (nSPS) is 28.9. The summed E-state index contributed by atoms with van der Waals surface area (Å²) < 4.78 is 5.12. The lowest BCUT2D eigenvalue weighted by atomic mass is 10.4. The van der Waals surface area contributed by atoms with Gasteiger partial charge in [0.15, 0.2) is 0 Å². The van der Waals surface area contributed by atoms with E-state index in [1.54, 1.807) is 0 Å². The maximum atomic E-state index is 8.41. The molecule has 0 amide bonds. The van der Waals surface area contributed by atoms with E-state index in [4.69, 9.17) is 9.84 Å². The van der Waals surface area contributed by atoms with E-state index in [0.29, 0.717) is 6.42 Å². The molecule has 1 saturated heterocycles. The van der Waals surface area contributed by atoms with E-state index in [-0.39, 0.29) is 12.8 Å². The Labute approximate surface area is 48.7 Å². The molecule has 0 aromatic heterocycles. The van der Waals surface area contributed by atoms with Crippen LogP contribution in [0.25, 0.3) is 0 Å². The van der Waals surface area contributed by atoms with E-state index in [2.05, 4.69) is 5.32 Å². The third-order valence-corrected chi connectivity index (χ3v) is 1.18. The highest BCUT2D eigenvalue weighted by atomic mass is 16.5. The molecule has 8 heavy (non-hydrogen) atoms. The summed E-state index contributed by atoms with van der Waals surface area (Å²) >= 11 is 0. The van der Waals surface area contributed by atoms with Gasteiger partial charge in [0.1, 0.15) is 6.23 Å². The molecule has 1 atom stereocenters. The summed E-state index contributed by atoms with van der Waals surface area (Å²) in [7, 11) is 0. The van der Waals surface area contributed by atoms with Crippen molar-refractivity contribution in [2.45, 2.75) is 12.6 Å². The van der Waals surface area contributed by atoms with Crippen molar-refractivity contribution >= 4 is 0 Å². The summed E-state index contributed by atoms with van der Waals surface area (Å²) in [4.78, 5) is 0. The fraction of sp³-hybridized carbons (Fsp3) is 1.00. The smallest absolute Gasteiger partial charge is 0.110 e. The number of hydrogen-bond acceptors (Lipinski definition) is 3. The van der Waals surface area contributed by atoms with E-state index >= 15 is 0 Å². The van der Waals surface area contributed by atoms with Gasteiger partial charge in [0, 0.05) is 19.6 Å². The van der Waals surface area contributed by atoms with Crippen molar-refractivity contribution in [3.05, 3.63) is 0 Å². The van der Waals surface area contributed by atoms with Crippen molar-refractivity contribution < 1.29 is 9.84 Å². The van der Waals surface area contributed by atoms with Gasteiger partial charge in [-0.1, -0.05) is 0 Å². The first-order valence-electron chi connectivity index (χ1n) is 2.89. The number of nitrogens with one attached hydrogen (secondary N) is 1. The molecular formula is C5H11NO2. The summed E-state index contributed by atoms with van der Waals surface area (Å²) in [6, 6.07) is 0. The molecule has 0 radical (unpaired) electrons. The van der Waals surface area contributed by atoms with Crippen LogP contribution in [-0.4, -0.2) is 31.1 Å². The molecule has 1 aliphatic heterocycles. The van der Waals surface area contributed by atoms with E-state index in [1.165, 1.54) is 0 Å². The molecule has 0 spiro atoms. The Hall–Kier alpha value is -0.120. The zero-order chi connectivity index (χ0) is 5.82. The van der Waals surface area contributed by atoms with Crippen molar-refractivity contribution in [2.75, 3.05) is 19.8 Å². The summed E-state index contributed by atoms with van der Waals surface area (Å²) in [5, 5.41) is 11.5. The molecule has 1 rings (SSSR count). The number of ether oxygens (including phenoxy) is 1. The number of hydrogen-bond donors (Lipinski definition) is 2. The van der Waals surface area contributed by atoms with Gasteiger partial charge in [-0.25, -0.2) is 0 Å². The fourth-order valence-electron chi connectivity index (χ4n) is 0.783. The molecule has 1 fully saturated rings. The number of aliphatic hydroxyl groups is 1. The quantitative estimate of drug-likeness (QED) is 0.503. The summed E-state index contributed by atoms with van der Waals surface area (Å²) in [5.74, 6) is 0. The van der Waals surface area contributed by atoms with E-state index in [0.717, 1.165) is 13.2 Å². The SMILES string of the molecule is OCC[C@@H]1NCCO1. The maximum Gasteiger partial charge on any atom is 0.110 e. The molecule has 3 nitrogen and oxygen atoms in total. The molecule has 0 unspecified atom stereocenters. The Morgan fingerprint density at radius 3 is 3.12 bits per heavy atom. The van der Waals surface area contributed by atoms with Crippen molar-refractivity contribution in [3.8, 4) is 0 Å². The van der Waals surface area contributed by atoms with E-state index in [1.807, 2.05) is 0 Å². The van der Waals surface area contributed by atoms with Crippen LogP contribution in [0.2, 0.25) is 0 Å². The number of aliphatic hydroxyl groups excluding tert-OH is 1. The van der Waals surface area contributed by atoms with Gasteiger partial charge in [-0.2, -0.15) is 0 Å². The molecule has 0 aliphatic carbocycles. The van der Waals surface area contributed by atoms with Crippen molar-refractivity contribution in [3.63, 3.8) is 0 Å². The van der Waals surface area contributed by atoms with Gasteiger partial charge in [0.05, 0.1) is 6.61 Å². The monoisotopic (exact) mass is 117 g/mol. The zero-order valence-corrected chi connectivity index (χ0v) is 4.76. The van der Waals surface area contributed by atoms with E-state index in [9.17, 15) is 0 Å². The predicted octanol–water partition coefficient (Wildman–Crippen LogP) is -0.685. The van der Waals surface area contributed by atoms with Crippen LogP contribution in [0.1, 0.15) is 6.42 Å². The minimum atomic E-state index is 0.111. The van der Waals surface area contributed by atoms with Crippen LogP contribution < -0.4 is 5.32 Å². The summed E-state index contributed by atoms with van der Waals surface area (Å²) in [5.41, 5.74) is 0. The van der Waals surface area contributed by atoms with Crippen molar-refractivity contribution in [1.29, 1.82) is 0 Å². The molecule has 48 valence electrons. The summed E-state index contributed by atoms with van der Waals surface area (Å²) in [6.07, 6.45) is 0.819. The lowest BCUT2D eigenvalue weighted by molar-refractivity contribution is 0.0773. The van der Waals surface area contributed by atoms with Gasteiger partial charge in [0.2, 0.25) is 0 Å². The predicted molar refractivity (Wildman–Crippen MR) is 29.4 cm³/mol.